The molecule has 0 spiro atoms. The molecule has 152 valence electrons. The summed E-state index contributed by atoms with van der Waals surface area (Å²) in [4.78, 5) is 23.9. The summed E-state index contributed by atoms with van der Waals surface area (Å²) in [5.74, 6) is -1.33. The normalized spacial score (nSPS) is 13.3. The summed E-state index contributed by atoms with van der Waals surface area (Å²) in [5.41, 5.74) is 0.859. The Morgan fingerprint density at radius 1 is 1.11 bits per heavy atom. The van der Waals surface area contributed by atoms with Crippen molar-refractivity contribution in [2.24, 2.45) is 0 Å². The number of rotatable bonds is 8. The van der Waals surface area contributed by atoms with Crippen molar-refractivity contribution in [3.63, 3.8) is 0 Å². The van der Waals surface area contributed by atoms with E-state index >= 15 is 0 Å². The first-order valence-electron chi connectivity index (χ1n) is 9.63. The molecule has 2 rings (SSSR count). The molecule has 0 radical (unpaired) electrons. The smallest absolute Gasteiger partial charge is 0.326 e. The maximum atomic E-state index is 12.4. The summed E-state index contributed by atoms with van der Waals surface area (Å²) in [7, 11) is -1.94. The second kappa shape index (κ2) is 8.88. The van der Waals surface area contributed by atoms with Crippen molar-refractivity contribution < 1.29 is 19.1 Å². The Hall–Kier alpha value is -2.18. The van der Waals surface area contributed by atoms with Crippen LogP contribution in [-0.2, 0) is 20.4 Å². The van der Waals surface area contributed by atoms with Crippen molar-refractivity contribution in [3.05, 3.63) is 48.0 Å². The van der Waals surface area contributed by atoms with E-state index in [1.165, 1.54) is 0 Å². The van der Waals surface area contributed by atoms with E-state index in [0.717, 1.165) is 16.3 Å². The average Bonchev–Trinajstić information content (AvgIpc) is 2.59. The molecular formula is C22H31NO4Si. The highest BCUT2D eigenvalue weighted by molar-refractivity contribution is 6.74. The fourth-order valence-electron chi connectivity index (χ4n) is 2.69. The molecule has 2 N–H and O–H groups in total. The quantitative estimate of drug-likeness (QED) is 0.644. The molecule has 0 aliphatic heterocycles. The minimum absolute atomic E-state index is 0.0606. The topological polar surface area (TPSA) is 75.6 Å². The van der Waals surface area contributed by atoms with Crippen LogP contribution in [0.4, 0.5) is 0 Å². The highest BCUT2D eigenvalue weighted by Gasteiger charge is 2.37. The number of benzene rings is 2. The molecule has 1 atom stereocenters. The second-order valence-electron chi connectivity index (χ2n) is 8.71. The summed E-state index contributed by atoms with van der Waals surface area (Å²) < 4.78 is 6.05. The zero-order chi connectivity index (χ0) is 20.9. The Kier molecular flexibility index (Phi) is 7.01. The lowest BCUT2D eigenvalue weighted by Crippen LogP contribution is -2.45. The number of carboxylic acids is 1. The van der Waals surface area contributed by atoms with Crippen LogP contribution in [-0.4, -0.2) is 37.9 Å². The van der Waals surface area contributed by atoms with E-state index in [4.69, 9.17) is 4.43 Å². The van der Waals surface area contributed by atoms with Gasteiger partial charge in [-0.1, -0.05) is 63.2 Å². The van der Waals surface area contributed by atoms with Gasteiger partial charge in [0.2, 0.25) is 5.91 Å². The van der Waals surface area contributed by atoms with Gasteiger partial charge in [0.05, 0.1) is 6.42 Å². The molecular weight excluding hydrogens is 370 g/mol. The highest BCUT2D eigenvalue weighted by atomic mass is 28.4. The van der Waals surface area contributed by atoms with Gasteiger partial charge < -0.3 is 14.8 Å². The zero-order valence-electron chi connectivity index (χ0n) is 17.4. The Morgan fingerprint density at radius 3 is 2.36 bits per heavy atom. The molecule has 5 nitrogen and oxygen atoms in total. The monoisotopic (exact) mass is 401 g/mol. The molecule has 0 aliphatic carbocycles. The Bertz CT molecular complexity index is 842. The molecule has 0 heterocycles. The summed E-state index contributed by atoms with van der Waals surface area (Å²) in [6, 6.07) is 12.8. The van der Waals surface area contributed by atoms with E-state index in [1.54, 1.807) is 0 Å². The molecule has 0 aromatic heterocycles. The van der Waals surface area contributed by atoms with Crippen LogP contribution >= 0.6 is 0 Å². The largest absolute Gasteiger partial charge is 0.480 e. The van der Waals surface area contributed by atoms with Crippen molar-refractivity contribution in [2.75, 3.05) is 6.61 Å². The average molecular weight is 402 g/mol. The van der Waals surface area contributed by atoms with Gasteiger partial charge in [-0.15, -0.1) is 0 Å². The summed E-state index contributed by atoms with van der Waals surface area (Å²) in [6.45, 7) is 11.0. The van der Waals surface area contributed by atoms with Crippen LogP contribution in [0.5, 0.6) is 0 Å². The first-order chi connectivity index (χ1) is 13.0. The van der Waals surface area contributed by atoms with E-state index in [2.05, 4.69) is 39.2 Å². The predicted octanol–water partition coefficient (Wildman–Crippen LogP) is 4.36. The minimum atomic E-state index is -1.94. The first-order valence-corrected chi connectivity index (χ1v) is 12.5. The van der Waals surface area contributed by atoms with Crippen molar-refractivity contribution in [3.8, 4) is 0 Å². The van der Waals surface area contributed by atoms with E-state index in [9.17, 15) is 14.7 Å². The minimum Gasteiger partial charge on any atom is -0.480 e. The SMILES string of the molecule is CC(C)(C)[Si](C)(C)OCC[C@H](NC(=O)Cc1ccc2ccccc2c1)C(=O)O. The lowest BCUT2D eigenvalue weighted by atomic mass is 10.0. The molecule has 6 heteroatoms. The summed E-state index contributed by atoms with van der Waals surface area (Å²) in [6.07, 6.45) is 0.406. The number of carboxylic acid groups (broad SMARTS) is 1. The number of hydrogen-bond acceptors (Lipinski definition) is 3. The van der Waals surface area contributed by atoms with E-state index in [1.807, 2.05) is 42.5 Å². The van der Waals surface area contributed by atoms with Crippen LogP contribution in [0.3, 0.4) is 0 Å². The summed E-state index contributed by atoms with van der Waals surface area (Å²) >= 11 is 0. The Labute approximate surface area is 168 Å². The highest BCUT2D eigenvalue weighted by Crippen LogP contribution is 2.36. The van der Waals surface area contributed by atoms with Gasteiger partial charge in [0.1, 0.15) is 6.04 Å². The zero-order valence-corrected chi connectivity index (χ0v) is 18.4. The second-order valence-corrected chi connectivity index (χ2v) is 13.5. The van der Waals surface area contributed by atoms with Gasteiger partial charge in [-0.05, 0) is 34.5 Å². The number of nitrogens with one attached hydrogen (secondary N) is 1. The van der Waals surface area contributed by atoms with E-state index in [-0.39, 0.29) is 23.8 Å². The molecule has 1 amide bonds. The van der Waals surface area contributed by atoms with Crippen LogP contribution < -0.4 is 5.32 Å². The van der Waals surface area contributed by atoms with Crippen molar-refractivity contribution in [2.45, 2.75) is 57.8 Å². The van der Waals surface area contributed by atoms with Crippen LogP contribution in [0, 0.1) is 0 Å². The lowest BCUT2D eigenvalue weighted by molar-refractivity contribution is -0.142. The third-order valence-corrected chi connectivity index (χ3v) is 10.0. The van der Waals surface area contributed by atoms with Crippen molar-refractivity contribution >= 4 is 31.0 Å². The Balaban J connectivity index is 1.93. The van der Waals surface area contributed by atoms with Crippen LogP contribution in [0.15, 0.2) is 42.5 Å². The molecule has 28 heavy (non-hydrogen) atoms. The molecule has 0 aliphatic rings. The van der Waals surface area contributed by atoms with Gasteiger partial charge >= 0.3 is 5.97 Å². The lowest BCUT2D eigenvalue weighted by Gasteiger charge is -2.36. The third kappa shape index (κ3) is 5.91. The van der Waals surface area contributed by atoms with E-state index < -0.39 is 20.3 Å². The molecule has 0 saturated heterocycles. The molecule has 2 aromatic carbocycles. The third-order valence-electron chi connectivity index (χ3n) is 5.49. The van der Waals surface area contributed by atoms with Crippen LogP contribution in [0.25, 0.3) is 10.8 Å². The number of fused-ring (bicyclic) bond motifs is 1. The molecule has 0 saturated carbocycles. The van der Waals surface area contributed by atoms with Gasteiger partial charge in [0.15, 0.2) is 8.32 Å². The molecule has 0 unspecified atom stereocenters. The van der Waals surface area contributed by atoms with Gasteiger partial charge in [-0.2, -0.15) is 0 Å². The maximum Gasteiger partial charge on any atom is 0.326 e. The van der Waals surface area contributed by atoms with Crippen molar-refractivity contribution in [1.29, 1.82) is 0 Å². The predicted molar refractivity (Wildman–Crippen MR) is 115 cm³/mol. The van der Waals surface area contributed by atoms with Gasteiger partial charge in [0, 0.05) is 13.0 Å². The molecule has 0 bridgehead atoms. The van der Waals surface area contributed by atoms with Crippen molar-refractivity contribution in [1.82, 2.24) is 5.32 Å². The van der Waals surface area contributed by atoms with Gasteiger partial charge in [0.25, 0.3) is 0 Å². The molecule has 0 fully saturated rings. The van der Waals surface area contributed by atoms with Crippen LogP contribution in [0.1, 0.15) is 32.8 Å². The maximum absolute atomic E-state index is 12.4. The standard InChI is InChI=1S/C22H31NO4Si/c1-22(2,3)28(4,5)27-13-12-19(21(25)26)23-20(24)15-16-10-11-17-8-6-7-9-18(17)14-16/h6-11,14,19H,12-13,15H2,1-5H3,(H,23,24)(H,25,26)/t19-/m0/s1. The Morgan fingerprint density at radius 2 is 1.75 bits per heavy atom. The number of aliphatic carboxylic acids is 1. The fourth-order valence-corrected chi connectivity index (χ4v) is 3.75. The summed E-state index contributed by atoms with van der Waals surface area (Å²) in [5, 5.41) is 14.3. The van der Waals surface area contributed by atoms with E-state index in [0.29, 0.717) is 6.61 Å². The molecule has 2 aromatic rings. The van der Waals surface area contributed by atoms with Crippen LogP contribution in [0.2, 0.25) is 18.1 Å². The number of amides is 1. The number of carbonyl (C=O) groups excluding carboxylic acids is 1. The first kappa shape index (κ1) is 22.1. The van der Waals surface area contributed by atoms with Gasteiger partial charge in [-0.25, -0.2) is 4.79 Å². The fraction of sp³-hybridized carbons (Fsp3) is 0.455. The number of carbonyl (C=O) groups is 2. The van der Waals surface area contributed by atoms with Gasteiger partial charge in [-0.3, -0.25) is 4.79 Å². The number of hydrogen-bond donors (Lipinski definition) is 2.